The second kappa shape index (κ2) is 23.6. The number of carbonyl (C=O) groups excluding carboxylic acids is 4. The molecule has 0 radical (unpaired) electrons. The van der Waals surface area contributed by atoms with Crippen LogP contribution in [0, 0.1) is 20.2 Å². The molecule has 0 saturated carbocycles. The molecule has 6 aromatic carbocycles. The first kappa shape index (κ1) is 57.7. The van der Waals surface area contributed by atoms with Gasteiger partial charge in [0, 0.05) is 46.1 Å². The molecule has 6 aromatic rings. The number of halogens is 8. The van der Waals surface area contributed by atoms with E-state index in [0.29, 0.717) is 23.3 Å². The van der Waals surface area contributed by atoms with Crippen molar-refractivity contribution in [2.75, 3.05) is 14.2 Å². The summed E-state index contributed by atoms with van der Waals surface area (Å²) in [4.78, 5) is 72.9. The Balaban J connectivity index is 0.000000312. The molecule has 2 N–H and O–H groups in total. The number of hydrogen-bond donors (Lipinski definition) is 0. The van der Waals surface area contributed by atoms with Crippen molar-refractivity contribution in [1.82, 2.24) is 0 Å². The SMILES string of the molecule is COC(=O)C(C)(Cc1ccccc1)OC(=O)c1cc(-c2ccc(C(F)(F)F)cc2Cl)ccc1[N+](=O)[O-].COC(=O)C(C)(Cc1ccccc1)OC(=O)c1cc(-c2ccc(C(F)(F)F)cc2Cl)ccc1[N+](=O)[O-].O. The van der Waals surface area contributed by atoms with Gasteiger partial charge in [-0.25, -0.2) is 19.2 Å². The standard InChI is InChI=1S/2C25H19ClF3NO6.H2O/c2*1-24(23(32)35-2,14-15-6-4-3-5-7-15)36-22(31)19-12-16(8-11-21(19)30(33)34)18-10-9-17(13-20(18)26)25(27,28)29;/h2*3-13H,14H2,1-2H3;1H2. The van der Waals surface area contributed by atoms with Gasteiger partial charge in [0.15, 0.2) is 0 Å². The number of nitro groups is 2. The van der Waals surface area contributed by atoms with Crippen LogP contribution in [0.3, 0.4) is 0 Å². The summed E-state index contributed by atoms with van der Waals surface area (Å²) in [6, 6.07) is 29.1. The Kier molecular flexibility index (Phi) is 18.6. The van der Waals surface area contributed by atoms with Crippen LogP contribution in [0.5, 0.6) is 0 Å². The van der Waals surface area contributed by atoms with Gasteiger partial charge in [0.25, 0.3) is 11.4 Å². The summed E-state index contributed by atoms with van der Waals surface area (Å²) >= 11 is 12.1. The first-order valence-corrected chi connectivity index (χ1v) is 21.5. The van der Waals surface area contributed by atoms with Gasteiger partial charge >= 0.3 is 36.2 Å². The fourth-order valence-corrected chi connectivity index (χ4v) is 7.70. The quantitative estimate of drug-likeness (QED) is 0.0327. The first-order valence-electron chi connectivity index (χ1n) is 20.7. The number of nitro benzene ring substituents is 2. The Morgan fingerprint density at radius 1 is 0.521 bits per heavy atom. The summed E-state index contributed by atoms with van der Waals surface area (Å²) < 4.78 is 98.4. The van der Waals surface area contributed by atoms with E-state index >= 15 is 0 Å². The second-order valence-electron chi connectivity index (χ2n) is 15.9. The maximum Gasteiger partial charge on any atom is 0.416 e. The normalized spacial score (nSPS) is 12.8. The molecule has 73 heavy (non-hydrogen) atoms. The number of methoxy groups -OCH3 is 2. The van der Waals surface area contributed by atoms with E-state index in [1.165, 1.54) is 26.0 Å². The van der Waals surface area contributed by atoms with E-state index in [1.807, 2.05) is 0 Å². The molecule has 0 bridgehead atoms. The highest BCUT2D eigenvalue weighted by Gasteiger charge is 2.42. The van der Waals surface area contributed by atoms with Gasteiger partial charge in [0.05, 0.1) is 35.2 Å². The molecule has 0 aliphatic heterocycles. The fraction of sp³-hybridized carbons (Fsp3) is 0.200. The van der Waals surface area contributed by atoms with Gasteiger partial charge < -0.3 is 24.4 Å². The Morgan fingerprint density at radius 2 is 0.849 bits per heavy atom. The Bertz CT molecular complexity index is 2830. The zero-order valence-electron chi connectivity index (χ0n) is 38.4. The lowest BCUT2D eigenvalue weighted by Gasteiger charge is -2.27. The lowest BCUT2D eigenvalue weighted by atomic mass is 9.95. The molecule has 23 heteroatoms. The summed E-state index contributed by atoms with van der Waals surface area (Å²) in [5.74, 6) is -4.17. The molecular weight excluding hydrogens is 1020 g/mol. The lowest BCUT2D eigenvalue weighted by molar-refractivity contribution is -0.385. The predicted molar refractivity (Wildman–Crippen MR) is 253 cm³/mol. The van der Waals surface area contributed by atoms with Gasteiger partial charge in [0.2, 0.25) is 11.2 Å². The molecule has 0 aromatic heterocycles. The van der Waals surface area contributed by atoms with Crippen molar-refractivity contribution in [2.24, 2.45) is 0 Å². The number of carbonyl (C=O) groups is 4. The molecule has 384 valence electrons. The summed E-state index contributed by atoms with van der Waals surface area (Å²) in [6.45, 7) is 2.62. The van der Waals surface area contributed by atoms with E-state index in [9.17, 15) is 65.7 Å². The number of alkyl halides is 6. The monoisotopic (exact) mass is 1060 g/mol. The summed E-state index contributed by atoms with van der Waals surface area (Å²) in [5.41, 5.74) is -6.15. The number of ether oxygens (including phenoxy) is 4. The molecule has 0 spiro atoms. The first-order chi connectivity index (χ1) is 33.7. The highest BCUT2D eigenvalue weighted by Crippen LogP contribution is 2.39. The second-order valence-corrected chi connectivity index (χ2v) is 16.7. The maximum atomic E-state index is 13.1. The number of rotatable bonds is 14. The lowest BCUT2D eigenvalue weighted by Crippen LogP contribution is -2.43. The highest BCUT2D eigenvalue weighted by atomic mass is 35.5. The predicted octanol–water partition coefficient (Wildman–Crippen LogP) is 11.7. The van der Waals surface area contributed by atoms with Crippen molar-refractivity contribution in [3.05, 3.63) is 197 Å². The number of benzene rings is 6. The molecular formula is C50H40Cl2F6N2O13. The topological polar surface area (TPSA) is 223 Å². The minimum Gasteiger partial charge on any atom is -0.466 e. The van der Waals surface area contributed by atoms with Crippen LogP contribution in [0.25, 0.3) is 22.3 Å². The minimum atomic E-state index is -4.62. The van der Waals surface area contributed by atoms with Gasteiger partial charge in [-0.05, 0) is 84.6 Å². The summed E-state index contributed by atoms with van der Waals surface area (Å²) in [7, 11) is 2.21. The van der Waals surface area contributed by atoms with E-state index in [2.05, 4.69) is 0 Å². The fourth-order valence-electron chi connectivity index (χ4n) is 7.13. The molecule has 15 nitrogen and oxygen atoms in total. The van der Waals surface area contributed by atoms with Crippen LogP contribution in [0.4, 0.5) is 37.7 Å². The van der Waals surface area contributed by atoms with Crippen LogP contribution in [0.2, 0.25) is 10.0 Å². The van der Waals surface area contributed by atoms with Gasteiger partial charge in [-0.3, -0.25) is 20.2 Å². The molecule has 2 unspecified atom stereocenters. The van der Waals surface area contributed by atoms with Gasteiger partial charge in [-0.15, -0.1) is 0 Å². The average molecular weight is 1060 g/mol. The summed E-state index contributed by atoms with van der Waals surface area (Å²) in [6.07, 6.45) is -9.40. The third-order valence-electron chi connectivity index (χ3n) is 10.7. The van der Waals surface area contributed by atoms with Crippen molar-refractivity contribution >= 4 is 58.5 Å². The van der Waals surface area contributed by atoms with Crippen molar-refractivity contribution in [3.8, 4) is 22.3 Å². The van der Waals surface area contributed by atoms with Gasteiger partial charge in [-0.2, -0.15) is 26.3 Å². The number of esters is 4. The van der Waals surface area contributed by atoms with E-state index in [4.69, 9.17) is 42.1 Å². The molecule has 0 fully saturated rings. The van der Waals surface area contributed by atoms with Crippen molar-refractivity contribution in [1.29, 1.82) is 0 Å². The van der Waals surface area contributed by atoms with Crippen LogP contribution >= 0.6 is 23.2 Å². The van der Waals surface area contributed by atoms with E-state index in [0.717, 1.165) is 62.8 Å². The number of nitrogens with zero attached hydrogens (tertiary/aromatic N) is 2. The maximum absolute atomic E-state index is 13.1. The van der Waals surface area contributed by atoms with E-state index in [-0.39, 0.29) is 50.6 Å². The van der Waals surface area contributed by atoms with E-state index < -0.39 is 90.9 Å². The third kappa shape index (κ3) is 14.2. The zero-order chi connectivity index (χ0) is 53.3. The average Bonchev–Trinajstić information content (AvgIpc) is 3.33. The van der Waals surface area contributed by atoms with E-state index in [1.54, 1.807) is 60.7 Å². The summed E-state index contributed by atoms with van der Waals surface area (Å²) in [5, 5.41) is 22.6. The minimum absolute atomic E-state index is 0. The zero-order valence-corrected chi connectivity index (χ0v) is 39.9. The Hall–Kier alpha value is -7.88. The van der Waals surface area contributed by atoms with Crippen LogP contribution in [0.1, 0.15) is 56.8 Å². The molecule has 0 aliphatic carbocycles. The number of hydrogen-bond acceptors (Lipinski definition) is 12. The molecule has 0 heterocycles. The Labute approximate surface area is 420 Å². The third-order valence-corrected chi connectivity index (χ3v) is 11.3. The van der Waals surface area contributed by atoms with Crippen LogP contribution in [-0.2, 0) is 53.7 Å². The largest absolute Gasteiger partial charge is 0.466 e. The molecule has 6 rings (SSSR count). The molecule has 0 saturated heterocycles. The smallest absolute Gasteiger partial charge is 0.416 e. The van der Waals surface area contributed by atoms with Crippen LogP contribution in [0.15, 0.2) is 133 Å². The molecule has 2 atom stereocenters. The molecule has 0 aliphatic rings. The van der Waals surface area contributed by atoms with Crippen molar-refractivity contribution in [2.45, 2.75) is 50.2 Å². The van der Waals surface area contributed by atoms with Gasteiger partial charge in [-0.1, -0.05) is 96.0 Å². The van der Waals surface area contributed by atoms with Crippen molar-refractivity contribution in [3.63, 3.8) is 0 Å². The van der Waals surface area contributed by atoms with Gasteiger partial charge in [0.1, 0.15) is 11.1 Å². The van der Waals surface area contributed by atoms with Crippen LogP contribution < -0.4 is 0 Å². The molecule has 0 amide bonds. The van der Waals surface area contributed by atoms with Crippen LogP contribution in [-0.4, -0.2) is 64.6 Å². The van der Waals surface area contributed by atoms with Crippen molar-refractivity contribution < 1.29 is 79.8 Å². The Morgan fingerprint density at radius 3 is 1.12 bits per heavy atom. The highest BCUT2D eigenvalue weighted by molar-refractivity contribution is 6.33.